The fraction of sp³-hybridized carbons (Fsp3) is 0.100. The van der Waals surface area contributed by atoms with Crippen LogP contribution < -0.4 is 0 Å². The third kappa shape index (κ3) is 2.71. The van der Waals surface area contributed by atoms with E-state index in [0.717, 1.165) is 0 Å². The molecular weight excluding hydrogens is 494 g/mol. The van der Waals surface area contributed by atoms with Gasteiger partial charge in [0.05, 0.1) is 5.41 Å². The van der Waals surface area contributed by atoms with Crippen LogP contribution in [0.1, 0.15) is 33.4 Å². The van der Waals surface area contributed by atoms with E-state index in [9.17, 15) is 0 Å². The first-order valence-corrected chi connectivity index (χ1v) is 14.5. The molecule has 1 aromatic heterocycles. The van der Waals surface area contributed by atoms with E-state index in [0.29, 0.717) is 0 Å². The zero-order valence-corrected chi connectivity index (χ0v) is 23.5. The molecule has 0 saturated heterocycles. The second kappa shape index (κ2) is 7.86. The van der Waals surface area contributed by atoms with Crippen LogP contribution in [0, 0.1) is 13.8 Å². The normalized spacial score (nSPS) is 13.9. The number of fused-ring (bicyclic) bond motifs is 13. The predicted molar refractivity (Wildman–Crippen MR) is 172 cm³/mol. The lowest BCUT2D eigenvalue weighted by Gasteiger charge is -2.31. The Balaban J connectivity index is 1.49. The summed E-state index contributed by atoms with van der Waals surface area (Å²) in [6.07, 6.45) is 0. The summed E-state index contributed by atoms with van der Waals surface area (Å²) in [7, 11) is 2.20. The van der Waals surface area contributed by atoms with Crippen molar-refractivity contribution >= 4 is 21.8 Å². The molecule has 194 valence electrons. The molecule has 6 aromatic carbocycles. The van der Waals surface area contributed by atoms with E-state index < -0.39 is 0 Å². The Kier molecular flexibility index (Phi) is 4.39. The Hall–Kier alpha value is -4.88. The van der Waals surface area contributed by atoms with Gasteiger partial charge >= 0.3 is 0 Å². The molecule has 0 atom stereocenters. The first kappa shape index (κ1) is 22.9. The first-order valence-electron chi connectivity index (χ1n) is 14.5. The zero-order chi connectivity index (χ0) is 27.5. The number of hydrogen-bond donors (Lipinski definition) is 0. The molecule has 0 radical (unpaired) electrons. The molecule has 0 aliphatic heterocycles. The van der Waals surface area contributed by atoms with E-state index >= 15 is 0 Å². The Labute approximate surface area is 240 Å². The topological polar surface area (TPSA) is 4.93 Å². The van der Waals surface area contributed by atoms with E-state index in [1.807, 2.05) is 0 Å². The molecule has 0 amide bonds. The van der Waals surface area contributed by atoms with Gasteiger partial charge in [0.25, 0.3) is 0 Å². The van der Waals surface area contributed by atoms with Crippen molar-refractivity contribution in [2.75, 3.05) is 0 Å². The summed E-state index contributed by atoms with van der Waals surface area (Å²) in [5, 5.41) is 2.64. The van der Waals surface area contributed by atoms with Crippen molar-refractivity contribution < 1.29 is 0 Å². The van der Waals surface area contributed by atoms with E-state index in [4.69, 9.17) is 0 Å². The predicted octanol–water partition coefficient (Wildman–Crippen LogP) is 9.96. The van der Waals surface area contributed by atoms with Gasteiger partial charge in [-0.1, -0.05) is 97.1 Å². The molecule has 0 bridgehead atoms. The Morgan fingerprint density at radius 2 is 1.00 bits per heavy atom. The Morgan fingerprint density at radius 1 is 0.415 bits per heavy atom. The van der Waals surface area contributed by atoms with Crippen LogP contribution in [0.2, 0.25) is 0 Å². The molecule has 2 aliphatic rings. The smallest absolute Gasteiger partial charge is 0.0726 e. The van der Waals surface area contributed by atoms with Crippen molar-refractivity contribution in [1.82, 2.24) is 4.57 Å². The maximum absolute atomic E-state index is 2.52. The van der Waals surface area contributed by atoms with E-state index in [1.54, 1.807) is 0 Å². The molecule has 41 heavy (non-hydrogen) atoms. The van der Waals surface area contributed by atoms with Gasteiger partial charge in [-0.25, -0.2) is 0 Å². The molecule has 1 heterocycles. The van der Waals surface area contributed by atoms with E-state index in [2.05, 4.69) is 147 Å². The minimum atomic E-state index is -0.367. The van der Waals surface area contributed by atoms with Gasteiger partial charge in [0.15, 0.2) is 0 Å². The molecule has 2 aliphatic carbocycles. The van der Waals surface area contributed by atoms with Crippen LogP contribution >= 0.6 is 0 Å². The van der Waals surface area contributed by atoms with Crippen molar-refractivity contribution in [3.05, 3.63) is 155 Å². The summed E-state index contributed by atoms with van der Waals surface area (Å²) in [5.41, 5.74) is 18.4. The highest BCUT2D eigenvalue weighted by atomic mass is 14.9. The maximum Gasteiger partial charge on any atom is 0.0726 e. The Morgan fingerprint density at radius 3 is 1.73 bits per heavy atom. The summed E-state index contributed by atoms with van der Waals surface area (Å²) >= 11 is 0. The van der Waals surface area contributed by atoms with Crippen LogP contribution in [0.25, 0.3) is 55.2 Å². The average molecular weight is 524 g/mol. The number of nitrogens with zero attached hydrogens (tertiary/aromatic N) is 1. The van der Waals surface area contributed by atoms with Crippen LogP contribution in [0.15, 0.2) is 121 Å². The molecule has 0 unspecified atom stereocenters. The third-order valence-electron chi connectivity index (χ3n) is 9.90. The maximum atomic E-state index is 2.52. The molecule has 0 saturated carbocycles. The standard InChI is InChI=1S/C40H29N/c1-24-12-4-5-13-26(24)30-21-36-31(20-25(30)2)32-23-39-33(29-16-8-11-19-38(29)41(39)3)22-37(32)40(36)34-17-9-6-14-27(34)28-15-7-10-18-35(28)40/h4-23H,1-3H3. The second-order valence-corrected chi connectivity index (χ2v) is 11.9. The summed E-state index contributed by atoms with van der Waals surface area (Å²) < 4.78 is 2.36. The number of benzene rings is 6. The minimum absolute atomic E-state index is 0.367. The lowest BCUT2D eigenvalue weighted by atomic mass is 9.70. The van der Waals surface area contributed by atoms with E-state index in [-0.39, 0.29) is 5.41 Å². The van der Waals surface area contributed by atoms with Crippen molar-refractivity contribution in [3.63, 3.8) is 0 Å². The fourth-order valence-electron chi connectivity index (χ4n) is 8.11. The Bertz CT molecular complexity index is 2200. The highest BCUT2D eigenvalue weighted by molar-refractivity contribution is 6.11. The highest BCUT2D eigenvalue weighted by Crippen LogP contribution is 2.64. The highest BCUT2D eigenvalue weighted by Gasteiger charge is 2.52. The molecule has 0 fully saturated rings. The third-order valence-corrected chi connectivity index (χ3v) is 9.90. The number of para-hydroxylation sites is 1. The summed E-state index contributed by atoms with van der Waals surface area (Å²) in [4.78, 5) is 0. The van der Waals surface area contributed by atoms with Crippen LogP contribution in [-0.4, -0.2) is 4.57 Å². The fourth-order valence-corrected chi connectivity index (χ4v) is 8.11. The van der Waals surface area contributed by atoms with Crippen LogP contribution in [0.3, 0.4) is 0 Å². The van der Waals surface area contributed by atoms with Crippen LogP contribution in [0.4, 0.5) is 0 Å². The van der Waals surface area contributed by atoms with Crippen molar-refractivity contribution in [3.8, 4) is 33.4 Å². The quantitative estimate of drug-likeness (QED) is 0.202. The van der Waals surface area contributed by atoms with Gasteiger partial charge in [-0.2, -0.15) is 0 Å². The molecule has 1 heteroatoms. The first-order chi connectivity index (χ1) is 20.1. The average Bonchev–Trinajstić information content (AvgIpc) is 3.57. The molecule has 0 N–H and O–H groups in total. The van der Waals surface area contributed by atoms with Gasteiger partial charge in [0, 0.05) is 28.9 Å². The number of hydrogen-bond acceptors (Lipinski definition) is 0. The van der Waals surface area contributed by atoms with Gasteiger partial charge in [0.1, 0.15) is 0 Å². The SMILES string of the molecule is Cc1ccccc1-c1cc2c(cc1C)-c1cc3c(cc1C21c2ccccc2-c2ccccc21)c1ccccc1n3C. The van der Waals surface area contributed by atoms with E-state index in [1.165, 1.54) is 88.6 Å². The second-order valence-electron chi connectivity index (χ2n) is 11.9. The van der Waals surface area contributed by atoms with Gasteiger partial charge in [-0.15, -0.1) is 0 Å². The van der Waals surface area contributed by atoms with Crippen molar-refractivity contribution in [2.24, 2.45) is 7.05 Å². The number of aromatic nitrogens is 1. The number of aryl methyl sites for hydroxylation is 3. The summed E-state index contributed by atoms with van der Waals surface area (Å²) in [5.74, 6) is 0. The van der Waals surface area contributed by atoms with Crippen LogP contribution in [0.5, 0.6) is 0 Å². The van der Waals surface area contributed by atoms with Gasteiger partial charge in [-0.05, 0) is 105 Å². The number of rotatable bonds is 1. The van der Waals surface area contributed by atoms with Gasteiger partial charge < -0.3 is 4.57 Å². The molecule has 7 aromatic rings. The van der Waals surface area contributed by atoms with Gasteiger partial charge in [-0.3, -0.25) is 0 Å². The largest absolute Gasteiger partial charge is 0.344 e. The summed E-state index contributed by atoms with van der Waals surface area (Å²) in [6.45, 7) is 4.50. The molecular formula is C40H29N. The monoisotopic (exact) mass is 523 g/mol. The van der Waals surface area contributed by atoms with Crippen LogP contribution in [-0.2, 0) is 12.5 Å². The zero-order valence-electron chi connectivity index (χ0n) is 23.5. The molecule has 1 spiro atoms. The molecule has 9 rings (SSSR count). The lowest BCUT2D eigenvalue weighted by Crippen LogP contribution is -2.26. The van der Waals surface area contributed by atoms with Crippen molar-refractivity contribution in [2.45, 2.75) is 19.3 Å². The minimum Gasteiger partial charge on any atom is -0.344 e. The molecule has 1 nitrogen and oxygen atoms in total. The van der Waals surface area contributed by atoms with Crippen molar-refractivity contribution in [1.29, 1.82) is 0 Å². The summed E-state index contributed by atoms with van der Waals surface area (Å²) in [6, 6.07) is 45.8. The lowest BCUT2D eigenvalue weighted by molar-refractivity contribution is 0.795. The van der Waals surface area contributed by atoms with Gasteiger partial charge in [0.2, 0.25) is 0 Å².